The number of rotatable bonds is 5. The fraction of sp³-hybridized carbons (Fsp3) is 1.00. The number of hydrogen-bond donors (Lipinski definition) is 2. The van der Waals surface area contributed by atoms with Gasteiger partial charge in [-0.15, -0.1) is 0 Å². The lowest BCUT2D eigenvalue weighted by Crippen LogP contribution is -2.49. The van der Waals surface area contributed by atoms with Gasteiger partial charge >= 0.3 is 0 Å². The molecule has 1 saturated heterocycles. The highest BCUT2D eigenvalue weighted by Crippen LogP contribution is 2.11. The van der Waals surface area contributed by atoms with Crippen molar-refractivity contribution >= 4 is 0 Å². The van der Waals surface area contributed by atoms with Gasteiger partial charge in [-0.3, -0.25) is 4.90 Å². The fourth-order valence-corrected chi connectivity index (χ4v) is 1.76. The third kappa shape index (κ3) is 3.53. The Balaban J connectivity index is 2.25. The average molecular weight is 202 g/mol. The summed E-state index contributed by atoms with van der Waals surface area (Å²) in [6, 6.07) is 0.468. The quantitative estimate of drug-likeness (QED) is 0.607. The van der Waals surface area contributed by atoms with Crippen LogP contribution in [0.5, 0.6) is 0 Å². The number of nitrogens with two attached hydrogens (primary N) is 1. The molecule has 0 radical (unpaired) electrons. The molecule has 1 aliphatic rings. The molecule has 0 aromatic rings. The first kappa shape index (κ1) is 11.9. The summed E-state index contributed by atoms with van der Waals surface area (Å²) >= 11 is 0. The zero-order valence-corrected chi connectivity index (χ0v) is 8.98. The van der Waals surface area contributed by atoms with Crippen LogP contribution in [0.3, 0.4) is 0 Å². The normalized spacial score (nSPS) is 29.4. The van der Waals surface area contributed by atoms with Gasteiger partial charge in [-0.25, -0.2) is 0 Å². The Bertz CT molecular complexity index is 155. The van der Waals surface area contributed by atoms with Gasteiger partial charge < -0.3 is 15.6 Å². The maximum absolute atomic E-state index is 8.99. The number of hydrogen-bond acceptors (Lipinski definition) is 4. The molecule has 4 nitrogen and oxygen atoms in total. The van der Waals surface area contributed by atoms with Crippen molar-refractivity contribution in [3.63, 3.8) is 0 Å². The molecule has 84 valence electrons. The van der Waals surface area contributed by atoms with E-state index in [0.29, 0.717) is 6.04 Å². The van der Waals surface area contributed by atoms with E-state index in [2.05, 4.69) is 11.8 Å². The van der Waals surface area contributed by atoms with Gasteiger partial charge in [-0.05, 0) is 32.9 Å². The first-order chi connectivity index (χ1) is 6.77. The van der Waals surface area contributed by atoms with Crippen LogP contribution < -0.4 is 5.73 Å². The lowest BCUT2D eigenvalue weighted by Gasteiger charge is -2.37. The Labute approximate surface area is 86.0 Å². The summed E-state index contributed by atoms with van der Waals surface area (Å²) in [5.74, 6) is 0. The van der Waals surface area contributed by atoms with Crippen LogP contribution in [0.15, 0.2) is 0 Å². The zero-order valence-electron chi connectivity index (χ0n) is 8.98. The Hall–Kier alpha value is -0.160. The topological polar surface area (TPSA) is 58.7 Å². The second kappa shape index (κ2) is 6.35. The molecule has 4 heteroatoms. The summed E-state index contributed by atoms with van der Waals surface area (Å²) in [5, 5.41) is 8.99. The number of morpholine rings is 1. The van der Waals surface area contributed by atoms with Gasteiger partial charge in [0.05, 0.1) is 19.3 Å². The Kier molecular flexibility index (Phi) is 5.40. The van der Waals surface area contributed by atoms with Crippen LogP contribution in [0.2, 0.25) is 0 Å². The molecule has 2 atom stereocenters. The van der Waals surface area contributed by atoms with Gasteiger partial charge in [0.2, 0.25) is 0 Å². The highest BCUT2D eigenvalue weighted by Gasteiger charge is 2.24. The van der Waals surface area contributed by atoms with Crippen molar-refractivity contribution in [3.05, 3.63) is 0 Å². The van der Waals surface area contributed by atoms with Crippen molar-refractivity contribution in [1.82, 2.24) is 4.90 Å². The van der Waals surface area contributed by atoms with Crippen LogP contribution in [0.4, 0.5) is 0 Å². The zero-order chi connectivity index (χ0) is 10.4. The van der Waals surface area contributed by atoms with Crippen LogP contribution in [-0.4, -0.2) is 55.0 Å². The molecule has 1 aliphatic heterocycles. The van der Waals surface area contributed by atoms with Crippen molar-refractivity contribution in [1.29, 1.82) is 0 Å². The molecule has 0 aromatic carbocycles. The summed E-state index contributed by atoms with van der Waals surface area (Å²) in [6.07, 6.45) is 2.22. The van der Waals surface area contributed by atoms with Gasteiger partial charge in [0.15, 0.2) is 0 Å². The average Bonchev–Trinajstić information content (AvgIpc) is 2.21. The Morgan fingerprint density at radius 1 is 1.50 bits per heavy atom. The summed E-state index contributed by atoms with van der Waals surface area (Å²) in [6.45, 7) is 5.70. The second-order valence-corrected chi connectivity index (χ2v) is 3.98. The Morgan fingerprint density at radius 3 is 2.93 bits per heavy atom. The second-order valence-electron chi connectivity index (χ2n) is 3.98. The molecule has 1 heterocycles. The van der Waals surface area contributed by atoms with E-state index in [9.17, 15) is 0 Å². The van der Waals surface area contributed by atoms with E-state index in [0.717, 1.165) is 39.1 Å². The van der Waals surface area contributed by atoms with Crippen molar-refractivity contribution < 1.29 is 9.84 Å². The number of nitrogens with zero attached hydrogens (tertiary/aromatic N) is 1. The Morgan fingerprint density at radius 2 is 2.29 bits per heavy atom. The molecule has 14 heavy (non-hydrogen) atoms. The highest BCUT2D eigenvalue weighted by molar-refractivity contribution is 4.76. The summed E-state index contributed by atoms with van der Waals surface area (Å²) < 4.78 is 5.46. The number of aliphatic hydroxyl groups excluding tert-OH is 1. The van der Waals surface area contributed by atoms with Gasteiger partial charge in [-0.2, -0.15) is 0 Å². The van der Waals surface area contributed by atoms with Crippen molar-refractivity contribution in [2.24, 2.45) is 5.73 Å². The molecule has 0 spiro atoms. The minimum atomic E-state index is 0.00377. The van der Waals surface area contributed by atoms with Crippen LogP contribution in [0.1, 0.15) is 19.8 Å². The van der Waals surface area contributed by atoms with Gasteiger partial charge in [-0.1, -0.05) is 0 Å². The lowest BCUT2D eigenvalue weighted by atomic mass is 10.2. The molecule has 0 bridgehead atoms. The molecule has 1 rings (SSSR count). The molecule has 3 N–H and O–H groups in total. The predicted molar refractivity (Wildman–Crippen MR) is 56.1 cm³/mol. The number of aliphatic hydroxyl groups is 1. The maximum atomic E-state index is 8.99. The molecule has 0 aliphatic carbocycles. The smallest absolute Gasteiger partial charge is 0.0933 e. The van der Waals surface area contributed by atoms with E-state index >= 15 is 0 Å². The molecular weight excluding hydrogens is 180 g/mol. The minimum absolute atomic E-state index is 0.00377. The minimum Gasteiger partial charge on any atom is -0.394 e. The van der Waals surface area contributed by atoms with E-state index in [-0.39, 0.29) is 12.7 Å². The fourth-order valence-electron chi connectivity index (χ4n) is 1.76. The van der Waals surface area contributed by atoms with Crippen molar-refractivity contribution in [2.45, 2.75) is 31.9 Å². The number of unbranched alkanes of at least 4 members (excludes halogenated alkanes) is 1. The molecule has 1 fully saturated rings. The molecular formula is C10H22N2O2. The van der Waals surface area contributed by atoms with Crippen molar-refractivity contribution in [3.8, 4) is 0 Å². The van der Waals surface area contributed by atoms with Gasteiger partial charge in [0, 0.05) is 12.6 Å². The summed E-state index contributed by atoms with van der Waals surface area (Å²) in [5.41, 5.74) is 5.45. The predicted octanol–water partition coefficient (Wildman–Crippen LogP) is -0.193. The largest absolute Gasteiger partial charge is 0.394 e. The third-order valence-electron chi connectivity index (χ3n) is 2.74. The summed E-state index contributed by atoms with van der Waals surface area (Å²) in [4.78, 5) is 2.38. The van der Waals surface area contributed by atoms with E-state index in [1.807, 2.05) is 0 Å². The van der Waals surface area contributed by atoms with Gasteiger partial charge in [0.1, 0.15) is 0 Å². The molecule has 0 amide bonds. The van der Waals surface area contributed by atoms with Crippen LogP contribution in [0, 0.1) is 0 Å². The van der Waals surface area contributed by atoms with Crippen LogP contribution >= 0.6 is 0 Å². The standard InChI is InChI=1S/C10H22N2O2/c1-9-8-14-10(7-13)6-12(9)5-3-2-4-11/h9-10,13H,2-8,11H2,1H3. The van der Waals surface area contributed by atoms with Crippen LogP contribution in [-0.2, 0) is 4.74 Å². The van der Waals surface area contributed by atoms with Crippen molar-refractivity contribution in [2.75, 3.05) is 32.8 Å². The SMILES string of the molecule is CC1COC(CO)CN1CCCCN. The molecule has 2 unspecified atom stereocenters. The first-order valence-corrected chi connectivity index (χ1v) is 5.44. The third-order valence-corrected chi connectivity index (χ3v) is 2.74. The lowest BCUT2D eigenvalue weighted by molar-refractivity contribution is -0.0779. The van der Waals surface area contributed by atoms with E-state index in [1.54, 1.807) is 0 Å². The van der Waals surface area contributed by atoms with E-state index < -0.39 is 0 Å². The maximum Gasteiger partial charge on any atom is 0.0933 e. The molecule has 0 aromatic heterocycles. The summed E-state index contributed by atoms with van der Waals surface area (Å²) in [7, 11) is 0. The highest BCUT2D eigenvalue weighted by atomic mass is 16.5. The first-order valence-electron chi connectivity index (χ1n) is 5.44. The molecule has 0 saturated carbocycles. The monoisotopic (exact) mass is 202 g/mol. The van der Waals surface area contributed by atoms with Gasteiger partial charge in [0.25, 0.3) is 0 Å². The van der Waals surface area contributed by atoms with Crippen LogP contribution in [0.25, 0.3) is 0 Å². The van der Waals surface area contributed by atoms with E-state index in [4.69, 9.17) is 15.6 Å². The number of ether oxygens (including phenoxy) is 1. The van der Waals surface area contributed by atoms with E-state index in [1.165, 1.54) is 0 Å².